The summed E-state index contributed by atoms with van der Waals surface area (Å²) < 4.78 is 41.4. The number of alkyl halides is 3. The summed E-state index contributed by atoms with van der Waals surface area (Å²) in [5, 5.41) is 10.2. The second-order valence-electron chi connectivity index (χ2n) is 6.29. The van der Waals surface area contributed by atoms with Gasteiger partial charge in [-0.05, 0) is 33.6 Å². The Labute approximate surface area is 122 Å². The third-order valence-corrected chi connectivity index (χ3v) is 3.06. The molecule has 1 rings (SSSR count). The zero-order valence-electron chi connectivity index (χ0n) is 12.5. The Morgan fingerprint density at radius 1 is 1.29 bits per heavy atom. The van der Waals surface area contributed by atoms with Crippen molar-refractivity contribution in [1.82, 2.24) is 4.90 Å². The number of likely N-dealkylation sites (tertiary alicyclic amines) is 1. The van der Waals surface area contributed by atoms with E-state index in [2.05, 4.69) is 0 Å². The number of aliphatic hydroxyl groups is 1. The van der Waals surface area contributed by atoms with Crippen LogP contribution in [0, 0.1) is 0 Å². The normalized spacial score (nSPS) is 19.9. The van der Waals surface area contributed by atoms with E-state index in [0.717, 1.165) is 6.08 Å². The van der Waals surface area contributed by atoms with Crippen molar-refractivity contribution in [1.29, 1.82) is 0 Å². The minimum absolute atomic E-state index is 0.195. The highest BCUT2D eigenvalue weighted by Gasteiger charge is 2.34. The van der Waals surface area contributed by atoms with Crippen molar-refractivity contribution in [3.05, 3.63) is 12.2 Å². The van der Waals surface area contributed by atoms with Crippen LogP contribution in [0.15, 0.2) is 12.2 Å². The molecule has 0 aromatic rings. The SMILES string of the molecule is CC(C)(C)OC(=O)N1CCC(O)(/C=C/CC(F)(F)F)CC1. The third kappa shape index (κ3) is 6.84. The number of hydrogen-bond acceptors (Lipinski definition) is 3. The van der Waals surface area contributed by atoms with Crippen molar-refractivity contribution in [2.24, 2.45) is 0 Å². The lowest BCUT2D eigenvalue weighted by molar-refractivity contribution is -0.125. The first-order chi connectivity index (χ1) is 9.40. The van der Waals surface area contributed by atoms with Crippen molar-refractivity contribution in [3.8, 4) is 0 Å². The molecule has 0 unspecified atom stereocenters. The van der Waals surface area contributed by atoms with Gasteiger partial charge in [0.05, 0.1) is 12.0 Å². The number of allylic oxidation sites excluding steroid dienone is 1. The van der Waals surface area contributed by atoms with Gasteiger partial charge in [0.2, 0.25) is 0 Å². The lowest BCUT2D eigenvalue weighted by Gasteiger charge is -2.37. The molecule has 1 heterocycles. The molecule has 1 amide bonds. The van der Waals surface area contributed by atoms with Crippen LogP contribution in [0.1, 0.15) is 40.0 Å². The lowest BCUT2D eigenvalue weighted by Crippen LogP contribution is -2.47. The van der Waals surface area contributed by atoms with E-state index in [-0.39, 0.29) is 25.9 Å². The van der Waals surface area contributed by atoms with Crippen LogP contribution < -0.4 is 0 Å². The van der Waals surface area contributed by atoms with E-state index < -0.39 is 29.9 Å². The van der Waals surface area contributed by atoms with Gasteiger partial charge in [0.25, 0.3) is 0 Å². The Bertz CT molecular complexity index is 391. The number of nitrogens with zero attached hydrogens (tertiary/aromatic N) is 1. The second-order valence-corrected chi connectivity index (χ2v) is 6.29. The number of hydrogen-bond donors (Lipinski definition) is 1. The van der Waals surface area contributed by atoms with Crippen molar-refractivity contribution >= 4 is 6.09 Å². The fourth-order valence-corrected chi connectivity index (χ4v) is 1.98. The van der Waals surface area contributed by atoms with Crippen LogP contribution in [0.2, 0.25) is 0 Å². The topological polar surface area (TPSA) is 49.8 Å². The molecule has 1 aliphatic rings. The summed E-state index contributed by atoms with van der Waals surface area (Å²) in [5.41, 5.74) is -1.89. The predicted molar refractivity (Wildman–Crippen MR) is 71.8 cm³/mol. The number of halogens is 3. The van der Waals surface area contributed by atoms with Gasteiger partial charge in [0.15, 0.2) is 0 Å². The van der Waals surface area contributed by atoms with Gasteiger partial charge >= 0.3 is 12.3 Å². The smallest absolute Gasteiger partial charge is 0.410 e. The van der Waals surface area contributed by atoms with Crippen LogP contribution in [0.5, 0.6) is 0 Å². The van der Waals surface area contributed by atoms with Crippen LogP contribution in [0.4, 0.5) is 18.0 Å². The number of ether oxygens (including phenoxy) is 1. The second kappa shape index (κ2) is 6.25. The molecule has 0 saturated carbocycles. The fourth-order valence-electron chi connectivity index (χ4n) is 1.98. The molecule has 122 valence electrons. The minimum Gasteiger partial charge on any atom is -0.444 e. The number of piperidine rings is 1. The van der Waals surface area contributed by atoms with E-state index in [1.807, 2.05) is 0 Å². The van der Waals surface area contributed by atoms with E-state index in [0.29, 0.717) is 0 Å². The fraction of sp³-hybridized carbons (Fsp3) is 0.786. The number of rotatable bonds is 2. The summed E-state index contributed by atoms with van der Waals surface area (Å²) in [6.07, 6.45) is -3.30. The van der Waals surface area contributed by atoms with Gasteiger partial charge in [-0.15, -0.1) is 0 Å². The molecule has 1 aliphatic heterocycles. The molecular formula is C14H22F3NO3. The summed E-state index contributed by atoms with van der Waals surface area (Å²) in [7, 11) is 0. The molecular weight excluding hydrogens is 287 g/mol. The highest BCUT2D eigenvalue weighted by Crippen LogP contribution is 2.27. The van der Waals surface area contributed by atoms with E-state index in [1.54, 1.807) is 20.8 Å². The number of carbonyl (C=O) groups is 1. The molecule has 21 heavy (non-hydrogen) atoms. The van der Waals surface area contributed by atoms with Crippen molar-refractivity contribution in [2.45, 2.75) is 57.4 Å². The molecule has 0 aromatic heterocycles. The highest BCUT2D eigenvalue weighted by molar-refractivity contribution is 5.68. The summed E-state index contributed by atoms with van der Waals surface area (Å²) in [6.45, 7) is 5.77. The zero-order chi connectivity index (χ0) is 16.3. The van der Waals surface area contributed by atoms with Gasteiger partial charge in [-0.25, -0.2) is 4.79 Å². The molecule has 0 bridgehead atoms. The Hall–Kier alpha value is -1.24. The largest absolute Gasteiger partial charge is 0.444 e. The molecule has 0 aliphatic carbocycles. The maximum absolute atomic E-state index is 12.1. The molecule has 1 N–H and O–H groups in total. The van der Waals surface area contributed by atoms with Gasteiger partial charge in [0, 0.05) is 13.1 Å². The average molecular weight is 309 g/mol. The van der Waals surface area contributed by atoms with E-state index in [1.165, 1.54) is 11.0 Å². The maximum Gasteiger partial charge on any atom is 0.410 e. The average Bonchev–Trinajstić information content (AvgIpc) is 2.25. The van der Waals surface area contributed by atoms with Crippen LogP contribution >= 0.6 is 0 Å². The van der Waals surface area contributed by atoms with Gasteiger partial charge in [0.1, 0.15) is 5.60 Å². The van der Waals surface area contributed by atoms with Crippen LogP contribution in [-0.4, -0.2) is 46.6 Å². The molecule has 0 atom stereocenters. The van der Waals surface area contributed by atoms with Crippen LogP contribution in [-0.2, 0) is 4.74 Å². The standard InChI is InChI=1S/C14H22F3NO3/c1-12(2,3)21-11(19)18-9-7-13(20,8-10-18)5-4-6-14(15,16)17/h4-5,20H,6-10H2,1-3H3/b5-4+. The first-order valence-electron chi connectivity index (χ1n) is 6.85. The van der Waals surface area contributed by atoms with Gasteiger partial charge in [-0.3, -0.25) is 0 Å². The van der Waals surface area contributed by atoms with Crippen LogP contribution in [0.3, 0.4) is 0 Å². The molecule has 4 nitrogen and oxygen atoms in total. The molecule has 1 saturated heterocycles. The molecule has 0 radical (unpaired) electrons. The Morgan fingerprint density at radius 3 is 2.24 bits per heavy atom. The lowest BCUT2D eigenvalue weighted by atomic mass is 9.91. The van der Waals surface area contributed by atoms with Gasteiger partial charge in [-0.2, -0.15) is 13.2 Å². The number of carbonyl (C=O) groups excluding carboxylic acids is 1. The molecule has 0 spiro atoms. The van der Waals surface area contributed by atoms with E-state index in [9.17, 15) is 23.1 Å². The Balaban J connectivity index is 2.49. The molecule has 7 heteroatoms. The van der Waals surface area contributed by atoms with Gasteiger partial charge in [-0.1, -0.05) is 12.2 Å². The Morgan fingerprint density at radius 2 is 1.81 bits per heavy atom. The van der Waals surface area contributed by atoms with Crippen molar-refractivity contribution in [3.63, 3.8) is 0 Å². The van der Waals surface area contributed by atoms with Crippen LogP contribution in [0.25, 0.3) is 0 Å². The van der Waals surface area contributed by atoms with E-state index >= 15 is 0 Å². The molecule has 1 fully saturated rings. The summed E-state index contributed by atoms with van der Waals surface area (Å²) in [4.78, 5) is 13.3. The summed E-state index contributed by atoms with van der Waals surface area (Å²) >= 11 is 0. The summed E-state index contributed by atoms with van der Waals surface area (Å²) in [6, 6.07) is 0. The third-order valence-electron chi connectivity index (χ3n) is 3.06. The van der Waals surface area contributed by atoms with Gasteiger partial charge < -0.3 is 14.7 Å². The monoisotopic (exact) mass is 309 g/mol. The maximum atomic E-state index is 12.1. The predicted octanol–water partition coefficient (Wildman–Crippen LogP) is 3.26. The number of amides is 1. The van der Waals surface area contributed by atoms with Crippen molar-refractivity contribution in [2.75, 3.05) is 13.1 Å². The summed E-state index contributed by atoms with van der Waals surface area (Å²) in [5.74, 6) is 0. The van der Waals surface area contributed by atoms with E-state index in [4.69, 9.17) is 4.74 Å². The first kappa shape index (κ1) is 17.8. The zero-order valence-corrected chi connectivity index (χ0v) is 12.5. The van der Waals surface area contributed by atoms with Crippen molar-refractivity contribution < 1.29 is 27.8 Å². The Kier molecular flexibility index (Phi) is 5.30. The molecule has 0 aromatic carbocycles. The minimum atomic E-state index is -4.27. The first-order valence-corrected chi connectivity index (χ1v) is 6.85. The highest BCUT2D eigenvalue weighted by atomic mass is 19.4. The quantitative estimate of drug-likeness (QED) is 0.797.